The van der Waals surface area contributed by atoms with Crippen LogP contribution in [0, 0.1) is 0 Å². The molecule has 92 valence electrons. The van der Waals surface area contributed by atoms with E-state index in [0.717, 1.165) is 32.4 Å². The van der Waals surface area contributed by atoms with Gasteiger partial charge in [-0.05, 0) is 19.4 Å². The first-order valence-electron chi connectivity index (χ1n) is 5.03. The maximum absolute atomic E-state index is 10.3. The molecule has 0 aliphatic carbocycles. The van der Waals surface area contributed by atoms with Crippen LogP contribution < -0.4 is 5.32 Å². The van der Waals surface area contributed by atoms with Crippen molar-refractivity contribution in [2.75, 3.05) is 25.6 Å². The van der Waals surface area contributed by atoms with Crippen molar-refractivity contribution in [3.8, 4) is 0 Å². The minimum atomic E-state index is -4.26. The van der Waals surface area contributed by atoms with Gasteiger partial charge in [-0.3, -0.25) is 4.52 Å². The smallest absolute Gasteiger partial charge is 0.316 e. The highest BCUT2D eigenvalue weighted by Gasteiger charge is 2.12. The molecule has 15 heavy (non-hydrogen) atoms. The van der Waals surface area contributed by atoms with Gasteiger partial charge in [-0.2, -0.15) is 0 Å². The summed E-state index contributed by atoms with van der Waals surface area (Å²) in [5, 5.41) is 3.16. The van der Waals surface area contributed by atoms with Crippen molar-refractivity contribution in [3.05, 3.63) is 0 Å². The fourth-order valence-corrected chi connectivity index (χ4v) is 1.58. The number of hydrogen-bond donors (Lipinski definition) is 3. The van der Waals surface area contributed by atoms with E-state index in [0.29, 0.717) is 12.3 Å². The van der Waals surface area contributed by atoms with Crippen molar-refractivity contribution in [2.24, 2.45) is 0 Å². The predicted octanol–water partition coefficient (Wildman–Crippen LogP) is 1.48. The molecule has 0 spiro atoms. The number of halogens is 1. The molecule has 7 heteroatoms. The van der Waals surface area contributed by atoms with Gasteiger partial charge in [0.1, 0.15) is 0 Å². The average Bonchev–Trinajstić information content (AvgIpc) is 2.14. The Morgan fingerprint density at radius 3 is 2.40 bits per heavy atom. The Bertz CT molecular complexity index is 187. The van der Waals surface area contributed by atoms with Gasteiger partial charge in [0.15, 0.2) is 0 Å². The molecule has 0 aliphatic rings. The molecule has 0 aromatic carbocycles. The number of phosphoric acid groups is 1. The first-order valence-corrected chi connectivity index (χ1v) is 7.09. The second-order valence-corrected chi connectivity index (χ2v) is 4.79. The van der Waals surface area contributed by atoms with E-state index >= 15 is 0 Å². The quantitative estimate of drug-likeness (QED) is 0.315. The molecule has 0 aliphatic heterocycles. The molecule has 3 N–H and O–H groups in total. The molecule has 0 rings (SSSR count). The zero-order chi connectivity index (χ0) is 11.6. The normalized spacial score (nSPS) is 11.9. The number of rotatable bonds is 10. The van der Waals surface area contributed by atoms with Gasteiger partial charge in [0.25, 0.3) is 0 Å². The largest absolute Gasteiger partial charge is 0.469 e. The summed E-state index contributed by atoms with van der Waals surface area (Å²) in [6.45, 7) is 1.88. The average molecular weight is 260 g/mol. The van der Waals surface area contributed by atoms with Crippen LogP contribution >= 0.6 is 19.4 Å². The van der Waals surface area contributed by atoms with Crippen molar-refractivity contribution < 1.29 is 18.9 Å². The van der Waals surface area contributed by atoms with Crippen molar-refractivity contribution in [3.63, 3.8) is 0 Å². The SMILES string of the molecule is O=P(O)(O)OCCCCCCNCCCl. The van der Waals surface area contributed by atoms with Crippen molar-refractivity contribution in [1.82, 2.24) is 5.32 Å². The molecule has 0 saturated carbocycles. The Balaban J connectivity index is 3.02. The van der Waals surface area contributed by atoms with E-state index in [-0.39, 0.29) is 6.61 Å². The van der Waals surface area contributed by atoms with Gasteiger partial charge in [-0.15, -0.1) is 11.6 Å². The van der Waals surface area contributed by atoms with Crippen LogP contribution in [0.3, 0.4) is 0 Å². The standard InChI is InChI=1S/C8H19ClNO4P/c9-5-7-10-6-3-1-2-4-8-14-15(11,12)13/h10H,1-8H2,(H2,11,12,13). The van der Waals surface area contributed by atoms with Crippen LogP contribution in [-0.2, 0) is 9.09 Å². The molecule has 0 amide bonds. The lowest BCUT2D eigenvalue weighted by Gasteiger charge is -2.05. The number of nitrogens with one attached hydrogen (secondary N) is 1. The van der Waals surface area contributed by atoms with E-state index in [1.54, 1.807) is 0 Å². The van der Waals surface area contributed by atoms with Crippen molar-refractivity contribution in [1.29, 1.82) is 0 Å². The van der Waals surface area contributed by atoms with Crippen molar-refractivity contribution in [2.45, 2.75) is 25.7 Å². The maximum atomic E-state index is 10.3. The first kappa shape index (κ1) is 15.4. The summed E-state index contributed by atoms with van der Waals surface area (Å²) in [4.78, 5) is 16.8. The number of unbranched alkanes of at least 4 members (excludes halogenated alkanes) is 3. The third kappa shape index (κ3) is 14.4. The molecule has 0 radical (unpaired) electrons. The molecule has 0 heterocycles. The predicted molar refractivity (Wildman–Crippen MR) is 60.1 cm³/mol. The summed E-state index contributed by atoms with van der Waals surface area (Å²) in [6, 6.07) is 0. The van der Waals surface area contributed by atoms with Gasteiger partial charge >= 0.3 is 7.82 Å². The summed E-state index contributed by atoms with van der Waals surface area (Å²) in [7, 11) is -4.26. The maximum Gasteiger partial charge on any atom is 0.469 e. The second-order valence-electron chi connectivity index (χ2n) is 3.18. The molecular formula is C8H19ClNO4P. The monoisotopic (exact) mass is 259 g/mol. The van der Waals surface area contributed by atoms with Crippen LogP contribution in [0.1, 0.15) is 25.7 Å². The van der Waals surface area contributed by atoms with Gasteiger partial charge in [0.2, 0.25) is 0 Å². The Morgan fingerprint density at radius 1 is 1.13 bits per heavy atom. The molecular weight excluding hydrogens is 241 g/mol. The molecule has 0 fully saturated rings. The number of hydrogen-bond acceptors (Lipinski definition) is 3. The molecule has 0 aromatic heterocycles. The van der Waals surface area contributed by atoms with Gasteiger partial charge in [0, 0.05) is 12.4 Å². The van der Waals surface area contributed by atoms with E-state index < -0.39 is 7.82 Å². The lowest BCUT2D eigenvalue weighted by atomic mass is 10.2. The highest BCUT2D eigenvalue weighted by molar-refractivity contribution is 7.46. The van der Waals surface area contributed by atoms with Gasteiger partial charge in [-0.1, -0.05) is 12.8 Å². The van der Waals surface area contributed by atoms with Gasteiger partial charge < -0.3 is 15.1 Å². The number of alkyl halides is 1. The van der Waals surface area contributed by atoms with E-state index in [9.17, 15) is 4.57 Å². The fraction of sp³-hybridized carbons (Fsp3) is 1.00. The Labute approximate surface area is 95.4 Å². The zero-order valence-electron chi connectivity index (χ0n) is 8.69. The zero-order valence-corrected chi connectivity index (χ0v) is 10.3. The molecule has 0 saturated heterocycles. The lowest BCUT2D eigenvalue weighted by molar-refractivity contribution is 0.193. The summed E-state index contributed by atoms with van der Waals surface area (Å²) < 4.78 is 14.6. The highest BCUT2D eigenvalue weighted by atomic mass is 35.5. The van der Waals surface area contributed by atoms with Crippen LogP contribution in [0.5, 0.6) is 0 Å². The molecule has 0 atom stereocenters. The minimum Gasteiger partial charge on any atom is -0.316 e. The third-order valence-electron chi connectivity index (χ3n) is 1.78. The summed E-state index contributed by atoms with van der Waals surface area (Å²) in [5.74, 6) is 0.621. The summed E-state index contributed by atoms with van der Waals surface area (Å²) >= 11 is 5.47. The van der Waals surface area contributed by atoms with E-state index in [1.807, 2.05) is 0 Å². The highest BCUT2D eigenvalue weighted by Crippen LogP contribution is 2.35. The molecule has 0 bridgehead atoms. The summed E-state index contributed by atoms with van der Waals surface area (Å²) in [6.07, 6.45) is 3.68. The first-order chi connectivity index (χ1) is 7.06. The van der Waals surface area contributed by atoms with E-state index in [1.165, 1.54) is 0 Å². The Morgan fingerprint density at radius 2 is 1.80 bits per heavy atom. The number of phosphoric ester groups is 1. The van der Waals surface area contributed by atoms with Crippen LogP contribution in [0.15, 0.2) is 0 Å². The molecule has 0 aromatic rings. The Kier molecular flexibility index (Phi) is 9.81. The lowest BCUT2D eigenvalue weighted by Crippen LogP contribution is -2.17. The minimum absolute atomic E-state index is 0.124. The summed E-state index contributed by atoms with van der Waals surface area (Å²) in [5.41, 5.74) is 0. The topological polar surface area (TPSA) is 78.8 Å². The van der Waals surface area contributed by atoms with Crippen molar-refractivity contribution >= 4 is 19.4 Å². The van der Waals surface area contributed by atoms with Crippen LogP contribution in [0.4, 0.5) is 0 Å². The van der Waals surface area contributed by atoms with Gasteiger partial charge in [-0.25, -0.2) is 4.57 Å². The van der Waals surface area contributed by atoms with Crippen LogP contribution in [0.25, 0.3) is 0 Å². The Hall–Kier alpha value is 0.360. The second kappa shape index (κ2) is 9.58. The van der Waals surface area contributed by atoms with Crippen LogP contribution in [-0.4, -0.2) is 35.4 Å². The van der Waals surface area contributed by atoms with E-state index in [2.05, 4.69) is 9.84 Å². The van der Waals surface area contributed by atoms with Gasteiger partial charge in [0.05, 0.1) is 6.61 Å². The fourth-order valence-electron chi connectivity index (χ4n) is 1.08. The van der Waals surface area contributed by atoms with Crippen LogP contribution in [0.2, 0.25) is 0 Å². The third-order valence-corrected chi connectivity index (χ3v) is 2.49. The molecule has 0 unspecified atom stereocenters. The van der Waals surface area contributed by atoms with E-state index in [4.69, 9.17) is 21.4 Å². The molecule has 5 nitrogen and oxygen atoms in total.